The minimum atomic E-state index is -0.583. The van der Waals surface area contributed by atoms with E-state index in [2.05, 4.69) is 4.98 Å². The number of halogens is 2. The first kappa shape index (κ1) is 18.7. The predicted molar refractivity (Wildman–Crippen MR) is 107 cm³/mol. The van der Waals surface area contributed by atoms with E-state index in [1.54, 1.807) is 29.3 Å². The van der Waals surface area contributed by atoms with Crippen molar-refractivity contribution in [2.75, 3.05) is 11.4 Å². The predicted octanol–water partition coefficient (Wildman–Crippen LogP) is 5.35. The number of benzene rings is 2. The van der Waals surface area contributed by atoms with Crippen molar-refractivity contribution >= 4 is 51.3 Å². The SMILES string of the molecule is O=C1c2ccc(Oc3c(Cl)cc([N+](=O)[O-])cc3Cl)cc2CCN1c1nccs1. The van der Waals surface area contributed by atoms with Gasteiger partial charge in [0.25, 0.3) is 11.6 Å². The van der Waals surface area contributed by atoms with Crippen LogP contribution in [0, 0.1) is 10.1 Å². The number of carbonyl (C=O) groups is 1. The first-order valence-electron chi connectivity index (χ1n) is 8.09. The molecule has 0 unspecified atom stereocenters. The fourth-order valence-electron chi connectivity index (χ4n) is 2.93. The molecule has 0 radical (unpaired) electrons. The van der Waals surface area contributed by atoms with E-state index in [0.29, 0.717) is 29.4 Å². The average molecular weight is 436 g/mol. The summed E-state index contributed by atoms with van der Waals surface area (Å²) >= 11 is 13.6. The lowest BCUT2D eigenvalue weighted by atomic mass is 9.99. The van der Waals surface area contributed by atoms with Gasteiger partial charge in [0.2, 0.25) is 0 Å². The molecule has 142 valence electrons. The van der Waals surface area contributed by atoms with Gasteiger partial charge in [-0.2, -0.15) is 0 Å². The van der Waals surface area contributed by atoms with Crippen LogP contribution in [0.4, 0.5) is 10.8 Å². The van der Waals surface area contributed by atoms with E-state index in [9.17, 15) is 14.9 Å². The van der Waals surface area contributed by atoms with Gasteiger partial charge in [-0.25, -0.2) is 4.98 Å². The zero-order valence-corrected chi connectivity index (χ0v) is 16.4. The van der Waals surface area contributed by atoms with E-state index in [4.69, 9.17) is 27.9 Å². The number of aromatic nitrogens is 1. The van der Waals surface area contributed by atoms with Gasteiger partial charge in [0.15, 0.2) is 10.9 Å². The molecule has 3 aromatic rings. The maximum atomic E-state index is 12.7. The van der Waals surface area contributed by atoms with Gasteiger partial charge in [-0.15, -0.1) is 11.3 Å². The minimum absolute atomic E-state index is 0.0305. The lowest BCUT2D eigenvalue weighted by Gasteiger charge is -2.26. The zero-order valence-electron chi connectivity index (χ0n) is 14.1. The van der Waals surface area contributed by atoms with Gasteiger partial charge in [-0.1, -0.05) is 23.2 Å². The molecule has 0 saturated carbocycles. The lowest BCUT2D eigenvalue weighted by molar-refractivity contribution is -0.384. The fraction of sp³-hybridized carbons (Fsp3) is 0.111. The number of nitrogens with zero attached hydrogens (tertiary/aromatic N) is 3. The van der Waals surface area contributed by atoms with Crippen molar-refractivity contribution in [3.05, 3.63) is 73.2 Å². The highest BCUT2D eigenvalue weighted by Gasteiger charge is 2.27. The Morgan fingerprint density at radius 2 is 1.96 bits per heavy atom. The summed E-state index contributed by atoms with van der Waals surface area (Å²) in [5, 5.41) is 13.4. The Morgan fingerprint density at radius 1 is 1.21 bits per heavy atom. The molecule has 2 heterocycles. The smallest absolute Gasteiger partial charge is 0.272 e. The molecule has 2 aromatic carbocycles. The second-order valence-corrected chi connectivity index (χ2v) is 7.63. The fourth-order valence-corrected chi connectivity index (χ4v) is 4.15. The van der Waals surface area contributed by atoms with Gasteiger partial charge in [-0.05, 0) is 30.2 Å². The first-order chi connectivity index (χ1) is 13.4. The number of rotatable bonds is 4. The van der Waals surface area contributed by atoms with Gasteiger partial charge in [0, 0.05) is 35.8 Å². The van der Waals surface area contributed by atoms with E-state index < -0.39 is 4.92 Å². The highest BCUT2D eigenvalue weighted by Crippen LogP contribution is 2.40. The Morgan fingerprint density at radius 3 is 2.61 bits per heavy atom. The van der Waals surface area contributed by atoms with Crippen LogP contribution in [-0.2, 0) is 6.42 Å². The van der Waals surface area contributed by atoms with E-state index in [-0.39, 0.29) is 27.4 Å². The maximum Gasteiger partial charge on any atom is 0.272 e. The van der Waals surface area contributed by atoms with Crippen LogP contribution in [0.1, 0.15) is 15.9 Å². The summed E-state index contributed by atoms with van der Waals surface area (Å²) in [6.45, 7) is 0.516. The summed E-state index contributed by atoms with van der Waals surface area (Å²) in [6.07, 6.45) is 2.30. The number of nitro groups is 1. The van der Waals surface area contributed by atoms with Crippen molar-refractivity contribution < 1.29 is 14.5 Å². The second-order valence-electron chi connectivity index (χ2n) is 5.94. The molecule has 10 heteroatoms. The van der Waals surface area contributed by atoms with Gasteiger partial charge < -0.3 is 4.74 Å². The first-order valence-corrected chi connectivity index (χ1v) is 9.73. The number of amides is 1. The van der Waals surface area contributed by atoms with Crippen molar-refractivity contribution in [2.24, 2.45) is 0 Å². The van der Waals surface area contributed by atoms with Gasteiger partial charge in [0.05, 0.1) is 15.0 Å². The normalized spacial score (nSPS) is 13.4. The van der Waals surface area contributed by atoms with E-state index >= 15 is 0 Å². The summed E-state index contributed by atoms with van der Waals surface area (Å²) in [6, 6.07) is 7.42. The number of fused-ring (bicyclic) bond motifs is 1. The summed E-state index contributed by atoms with van der Waals surface area (Å²) in [5.41, 5.74) is 1.19. The molecular formula is C18H11Cl2N3O4S. The zero-order chi connectivity index (χ0) is 19.8. The van der Waals surface area contributed by atoms with Crippen molar-refractivity contribution in [3.63, 3.8) is 0 Å². The van der Waals surface area contributed by atoms with Gasteiger partial charge >= 0.3 is 0 Å². The summed E-state index contributed by atoms with van der Waals surface area (Å²) in [7, 11) is 0. The lowest BCUT2D eigenvalue weighted by Crippen LogP contribution is -2.37. The third-order valence-corrected chi connectivity index (χ3v) is 5.58. The molecule has 1 aromatic heterocycles. The molecule has 0 N–H and O–H groups in total. The van der Waals surface area contributed by atoms with Crippen LogP contribution in [0.2, 0.25) is 10.0 Å². The molecule has 7 nitrogen and oxygen atoms in total. The third-order valence-electron chi connectivity index (χ3n) is 4.22. The summed E-state index contributed by atoms with van der Waals surface area (Å²) in [4.78, 5) is 28.9. The third kappa shape index (κ3) is 3.42. The van der Waals surface area contributed by atoms with Crippen LogP contribution >= 0.6 is 34.5 Å². The molecule has 1 aliphatic rings. The molecule has 0 bridgehead atoms. The maximum absolute atomic E-state index is 12.7. The molecule has 4 rings (SSSR count). The molecular weight excluding hydrogens is 425 g/mol. The molecule has 0 spiro atoms. The number of anilines is 1. The highest BCUT2D eigenvalue weighted by atomic mass is 35.5. The number of thiazole rings is 1. The molecule has 0 saturated heterocycles. The standard InChI is InChI=1S/C18H11Cl2N3O4S/c19-14-8-11(23(25)26)9-15(20)16(14)27-12-1-2-13-10(7-12)3-5-22(17(13)24)18-21-4-6-28-18/h1-2,4,6-9H,3,5H2. The van der Waals surface area contributed by atoms with Crippen LogP contribution in [-0.4, -0.2) is 22.4 Å². The largest absolute Gasteiger partial charge is 0.454 e. The van der Waals surface area contributed by atoms with E-state index in [1.165, 1.54) is 23.5 Å². The molecule has 28 heavy (non-hydrogen) atoms. The van der Waals surface area contributed by atoms with Crippen molar-refractivity contribution in [2.45, 2.75) is 6.42 Å². The molecule has 0 aliphatic carbocycles. The van der Waals surface area contributed by atoms with Crippen LogP contribution in [0.15, 0.2) is 41.9 Å². The number of non-ortho nitro benzene ring substituents is 1. The minimum Gasteiger partial charge on any atom is -0.454 e. The average Bonchev–Trinajstić information content (AvgIpc) is 3.19. The van der Waals surface area contributed by atoms with Crippen LogP contribution in [0.5, 0.6) is 11.5 Å². The van der Waals surface area contributed by atoms with Crippen molar-refractivity contribution in [1.29, 1.82) is 0 Å². The number of hydrogen-bond donors (Lipinski definition) is 0. The van der Waals surface area contributed by atoms with Gasteiger partial charge in [-0.3, -0.25) is 19.8 Å². The van der Waals surface area contributed by atoms with Gasteiger partial charge in [0.1, 0.15) is 5.75 Å². The highest BCUT2D eigenvalue weighted by molar-refractivity contribution is 7.13. The monoisotopic (exact) mass is 435 g/mol. The molecule has 0 atom stereocenters. The topological polar surface area (TPSA) is 85.6 Å². The Labute approximate surface area is 173 Å². The van der Waals surface area contributed by atoms with Crippen molar-refractivity contribution in [1.82, 2.24) is 4.98 Å². The summed E-state index contributed by atoms with van der Waals surface area (Å²) < 4.78 is 5.75. The van der Waals surface area contributed by atoms with E-state index in [1.807, 2.05) is 5.38 Å². The van der Waals surface area contributed by atoms with Crippen LogP contribution in [0.3, 0.4) is 0 Å². The summed E-state index contributed by atoms with van der Waals surface area (Å²) in [5.74, 6) is 0.446. The number of nitro benzene ring substituents is 1. The number of ether oxygens (including phenoxy) is 1. The van der Waals surface area contributed by atoms with Crippen LogP contribution in [0.25, 0.3) is 0 Å². The Hall–Kier alpha value is -2.68. The molecule has 1 amide bonds. The van der Waals surface area contributed by atoms with E-state index in [0.717, 1.165) is 5.56 Å². The second kappa shape index (κ2) is 7.38. The number of hydrogen-bond acceptors (Lipinski definition) is 6. The Bertz CT molecular complexity index is 1070. The van der Waals surface area contributed by atoms with Crippen LogP contribution < -0.4 is 9.64 Å². The Kier molecular flexibility index (Phi) is 4.92. The molecule has 0 fully saturated rings. The number of carbonyl (C=O) groups excluding carboxylic acids is 1. The van der Waals surface area contributed by atoms with Crippen molar-refractivity contribution in [3.8, 4) is 11.5 Å². The molecule has 1 aliphatic heterocycles. The quantitative estimate of drug-likeness (QED) is 0.406. The Balaban J connectivity index is 1.61.